The van der Waals surface area contributed by atoms with E-state index in [9.17, 15) is 4.79 Å². The number of methoxy groups -OCH3 is 1. The molecule has 0 spiro atoms. The maximum atomic E-state index is 12.3. The van der Waals surface area contributed by atoms with Crippen molar-refractivity contribution in [1.29, 1.82) is 0 Å². The number of fused-ring (bicyclic) bond motifs is 1. The number of ether oxygens (including phenoxy) is 1. The number of carbonyl (C=O) groups is 1. The summed E-state index contributed by atoms with van der Waals surface area (Å²) < 4.78 is 5.55. The second-order valence-corrected chi connectivity index (χ2v) is 6.39. The smallest absolute Gasteiger partial charge is 0.257 e. The van der Waals surface area contributed by atoms with E-state index < -0.39 is 0 Å². The van der Waals surface area contributed by atoms with Gasteiger partial charge in [-0.05, 0) is 60.2 Å². The quantitative estimate of drug-likeness (QED) is 0.861. The first-order valence-electron chi connectivity index (χ1n) is 8.42. The first-order chi connectivity index (χ1) is 11.8. The fraction of sp³-hybridized carbons (Fsp3) is 0.300. The molecular formula is C20H20N2O2. The molecule has 0 unspecified atom stereocenters. The van der Waals surface area contributed by atoms with Crippen LogP contribution in [-0.4, -0.2) is 18.0 Å². The molecule has 24 heavy (non-hydrogen) atoms. The molecule has 4 nitrogen and oxygen atoms in total. The summed E-state index contributed by atoms with van der Waals surface area (Å²) in [6, 6.07) is 9.96. The van der Waals surface area contributed by atoms with Gasteiger partial charge in [-0.1, -0.05) is 18.9 Å². The first-order valence-corrected chi connectivity index (χ1v) is 8.42. The van der Waals surface area contributed by atoms with Gasteiger partial charge in [0.05, 0.1) is 12.7 Å². The molecule has 1 fully saturated rings. The average molecular weight is 320 g/mol. The van der Waals surface area contributed by atoms with Crippen LogP contribution in [0.1, 0.15) is 48.3 Å². The van der Waals surface area contributed by atoms with Crippen molar-refractivity contribution in [1.82, 2.24) is 4.98 Å². The van der Waals surface area contributed by atoms with Crippen LogP contribution in [0.5, 0.6) is 5.75 Å². The summed E-state index contributed by atoms with van der Waals surface area (Å²) in [5, 5.41) is 2.82. The highest BCUT2D eigenvalue weighted by atomic mass is 16.5. The zero-order valence-electron chi connectivity index (χ0n) is 13.7. The summed E-state index contributed by atoms with van der Waals surface area (Å²) in [6.45, 7) is 0. The van der Waals surface area contributed by atoms with Crippen LogP contribution in [0.15, 0.2) is 36.5 Å². The zero-order valence-corrected chi connectivity index (χ0v) is 13.7. The predicted octanol–water partition coefficient (Wildman–Crippen LogP) is 4.24. The topological polar surface area (TPSA) is 51.2 Å². The van der Waals surface area contributed by atoms with Gasteiger partial charge >= 0.3 is 0 Å². The number of hydrogen-bond donors (Lipinski definition) is 1. The molecule has 2 aliphatic rings. The third-order valence-electron chi connectivity index (χ3n) is 4.93. The molecule has 2 heterocycles. The van der Waals surface area contributed by atoms with Crippen LogP contribution in [0.25, 0.3) is 11.6 Å². The van der Waals surface area contributed by atoms with E-state index in [0.29, 0.717) is 17.3 Å². The highest BCUT2D eigenvalue weighted by molar-refractivity contribution is 6.34. The second kappa shape index (κ2) is 6.11. The molecule has 1 aliphatic carbocycles. The van der Waals surface area contributed by atoms with Crippen molar-refractivity contribution >= 4 is 23.4 Å². The molecule has 1 aromatic carbocycles. The van der Waals surface area contributed by atoms with Crippen molar-refractivity contribution in [3.63, 3.8) is 0 Å². The van der Waals surface area contributed by atoms with Crippen molar-refractivity contribution in [2.45, 2.75) is 31.6 Å². The average Bonchev–Trinajstić information content (AvgIpc) is 3.24. The molecule has 4 heteroatoms. The van der Waals surface area contributed by atoms with E-state index in [1.807, 2.05) is 30.3 Å². The van der Waals surface area contributed by atoms with E-state index >= 15 is 0 Å². The molecule has 0 atom stereocenters. The lowest BCUT2D eigenvalue weighted by molar-refractivity contribution is -0.110. The zero-order chi connectivity index (χ0) is 16.5. The molecular weight excluding hydrogens is 300 g/mol. The number of hydrogen-bond acceptors (Lipinski definition) is 3. The summed E-state index contributed by atoms with van der Waals surface area (Å²) in [5.74, 6) is 2.05. The van der Waals surface area contributed by atoms with Crippen molar-refractivity contribution in [2.24, 2.45) is 0 Å². The summed E-state index contributed by atoms with van der Waals surface area (Å²) in [7, 11) is 1.72. The Balaban J connectivity index is 1.75. The maximum absolute atomic E-state index is 12.3. The van der Waals surface area contributed by atoms with Crippen molar-refractivity contribution < 1.29 is 9.53 Å². The lowest BCUT2D eigenvalue weighted by Gasteiger charge is -2.15. The van der Waals surface area contributed by atoms with Gasteiger partial charge in [-0.25, -0.2) is 4.98 Å². The van der Waals surface area contributed by atoms with Gasteiger partial charge in [0.1, 0.15) is 11.6 Å². The van der Waals surface area contributed by atoms with Crippen LogP contribution in [0.4, 0.5) is 5.82 Å². The Hall–Kier alpha value is -2.62. The minimum absolute atomic E-state index is 0.0954. The van der Waals surface area contributed by atoms with Gasteiger partial charge in [0.25, 0.3) is 5.91 Å². The van der Waals surface area contributed by atoms with Gasteiger partial charge in [-0.15, -0.1) is 0 Å². The minimum atomic E-state index is -0.0954. The van der Waals surface area contributed by atoms with Gasteiger partial charge in [-0.3, -0.25) is 4.79 Å². The number of nitrogens with one attached hydrogen (secondary N) is 1. The first kappa shape index (κ1) is 14.9. The van der Waals surface area contributed by atoms with Gasteiger partial charge in [0.15, 0.2) is 0 Å². The maximum Gasteiger partial charge on any atom is 0.257 e. The number of pyridine rings is 1. The van der Waals surface area contributed by atoms with Crippen LogP contribution in [0.2, 0.25) is 0 Å². The lowest BCUT2D eigenvalue weighted by atomic mass is 9.94. The minimum Gasteiger partial charge on any atom is -0.496 e. The molecule has 1 saturated carbocycles. The third-order valence-corrected chi connectivity index (χ3v) is 4.93. The number of rotatable bonds is 3. The van der Waals surface area contributed by atoms with Gasteiger partial charge in [0, 0.05) is 11.8 Å². The summed E-state index contributed by atoms with van der Waals surface area (Å²) in [6.07, 6.45) is 8.61. The molecule has 4 rings (SSSR count). The van der Waals surface area contributed by atoms with Crippen LogP contribution >= 0.6 is 0 Å². The Kier molecular flexibility index (Phi) is 3.81. The highest BCUT2D eigenvalue weighted by Crippen LogP contribution is 2.40. The molecule has 0 radical (unpaired) electrons. The Bertz CT molecular complexity index is 820. The van der Waals surface area contributed by atoms with Crippen LogP contribution in [-0.2, 0) is 4.79 Å². The molecule has 1 aromatic heterocycles. The van der Waals surface area contributed by atoms with Crippen LogP contribution in [0, 0.1) is 0 Å². The van der Waals surface area contributed by atoms with Gasteiger partial charge in [0.2, 0.25) is 0 Å². The molecule has 122 valence electrons. The van der Waals surface area contributed by atoms with Gasteiger partial charge < -0.3 is 10.1 Å². The van der Waals surface area contributed by atoms with E-state index in [-0.39, 0.29) is 5.91 Å². The number of amides is 1. The third kappa shape index (κ3) is 2.58. The van der Waals surface area contributed by atoms with E-state index in [0.717, 1.165) is 16.9 Å². The highest BCUT2D eigenvalue weighted by Gasteiger charge is 2.25. The molecule has 1 aliphatic heterocycles. The second-order valence-electron chi connectivity index (χ2n) is 6.39. The normalized spacial score (nSPS) is 18.7. The summed E-state index contributed by atoms with van der Waals surface area (Å²) in [5.41, 5.74) is 3.81. The molecule has 1 amide bonds. The molecule has 1 N–H and O–H groups in total. The number of benzene rings is 1. The number of carbonyl (C=O) groups excluding carboxylic acids is 1. The Morgan fingerprint density at radius 2 is 2.08 bits per heavy atom. The van der Waals surface area contributed by atoms with Crippen molar-refractivity contribution in [2.75, 3.05) is 12.4 Å². The van der Waals surface area contributed by atoms with E-state index in [1.54, 1.807) is 13.3 Å². The largest absolute Gasteiger partial charge is 0.496 e. The van der Waals surface area contributed by atoms with Crippen LogP contribution < -0.4 is 10.1 Å². The van der Waals surface area contributed by atoms with E-state index in [2.05, 4.69) is 16.4 Å². The standard InChI is InChI=1S/C20H20N2O2/c1-24-18-9-8-13(11-16(18)14-5-2-3-6-14)12-17-15-7-4-10-21-19(15)22-20(17)23/h4,7-12,14H,2-3,5-6H2,1H3,(H,21,22,23)/b17-12+. The van der Waals surface area contributed by atoms with Crippen molar-refractivity contribution in [3.8, 4) is 5.75 Å². The number of anilines is 1. The van der Waals surface area contributed by atoms with Crippen LogP contribution in [0.3, 0.4) is 0 Å². The lowest BCUT2D eigenvalue weighted by Crippen LogP contribution is -2.04. The summed E-state index contributed by atoms with van der Waals surface area (Å²) >= 11 is 0. The fourth-order valence-electron chi connectivity index (χ4n) is 3.73. The van der Waals surface area contributed by atoms with E-state index in [4.69, 9.17) is 4.74 Å². The molecule has 0 bridgehead atoms. The van der Waals surface area contributed by atoms with E-state index in [1.165, 1.54) is 31.2 Å². The number of aromatic nitrogens is 1. The Morgan fingerprint density at radius 3 is 2.88 bits per heavy atom. The summed E-state index contributed by atoms with van der Waals surface area (Å²) in [4.78, 5) is 16.5. The molecule has 2 aromatic rings. The van der Waals surface area contributed by atoms with Gasteiger partial charge in [-0.2, -0.15) is 0 Å². The Labute approximate surface area is 141 Å². The monoisotopic (exact) mass is 320 g/mol. The number of nitrogens with zero attached hydrogens (tertiary/aromatic N) is 1. The SMILES string of the molecule is COc1ccc(/C=C2/C(=O)Nc3ncccc32)cc1C1CCCC1. The fourth-order valence-corrected chi connectivity index (χ4v) is 3.73. The van der Waals surface area contributed by atoms with Crippen molar-refractivity contribution in [3.05, 3.63) is 53.2 Å². The Morgan fingerprint density at radius 1 is 1.25 bits per heavy atom. The molecule has 0 saturated heterocycles. The predicted molar refractivity (Wildman–Crippen MR) is 94.9 cm³/mol.